The van der Waals surface area contributed by atoms with E-state index in [-0.39, 0.29) is 18.3 Å². The van der Waals surface area contributed by atoms with Gasteiger partial charge in [-0.25, -0.2) is 4.98 Å². The van der Waals surface area contributed by atoms with Crippen LogP contribution in [0.15, 0.2) is 47.8 Å². The molecule has 1 amide bonds. The Morgan fingerprint density at radius 3 is 2.43 bits per heavy atom. The zero-order valence-electron chi connectivity index (χ0n) is 17.7. The molecule has 0 aliphatic rings. The van der Waals surface area contributed by atoms with Gasteiger partial charge in [0.15, 0.2) is 5.16 Å². The fourth-order valence-corrected chi connectivity index (χ4v) is 4.20. The highest BCUT2D eigenvalue weighted by Gasteiger charge is 2.14. The number of anilines is 1. The second-order valence-electron chi connectivity index (χ2n) is 7.24. The fourth-order valence-electron chi connectivity index (χ4n) is 3.40. The van der Waals surface area contributed by atoms with Crippen LogP contribution < -0.4 is 10.1 Å². The number of carbonyl (C=O) groups excluding carboxylic acids is 1. The van der Waals surface area contributed by atoms with Gasteiger partial charge in [0.05, 0.1) is 31.4 Å². The maximum Gasteiger partial charge on any atom is 0.234 e. The Morgan fingerprint density at radius 1 is 1.17 bits per heavy atom. The van der Waals surface area contributed by atoms with Crippen LogP contribution in [0.25, 0.3) is 0 Å². The number of imidazole rings is 1. The smallest absolute Gasteiger partial charge is 0.234 e. The van der Waals surface area contributed by atoms with E-state index >= 15 is 0 Å². The first-order valence-corrected chi connectivity index (χ1v) is 10.7. The number of benzene rings is 2. The van der Waals surface area contributed by atoms with E-state index in [4.69, 9.17) is 4.74 Å². The van der Waals surface area contributed by atoms with Crippen LogP contribution in [0.3, 0.4) is 0 Å². The second-order valence-corrected chi connectivity index (χ2v) is 8.18. The third-order valence-corrected chi connectivity index (χ3v) is 5.83. The molecule has 0 radical (unpaired) electrons. The lowest BCUT2D eigenvalue weighted by Crippen LogP contribution is -2.16. The summed E-state index contributed by atoms with van der Waals surface area (Å²) >= 11 is 1.36. The molecular formula is C23H27N3O3S. The first-order chi connectivity index (χ1) is 14.4. The predicted molar refractivity (Wildman–Crippen MR) is 120 cm³/mol. The average molecular weight is 426 g/mol. The summed E-state index contributed by atoms with van der Waals surface area (Å²) in [5.41, 5.74) is 5.90. The van der Waals surface area contributed by atoms with Crippen molar-refractivity contribution in [1.29, 1.82) is 0 Å². The number of thioether (sulfide) groups is 1. The summed E-state index contributed by atoms with van der Waals surface area (Å²) in [5, 5.41) is 13.4. The molecule has 6 nitrogen and oxygen atoms in total. The van der Waals surface area contributed by atoms with Crippen molar-refractivity contribution in [3.05, 3.63) is 70.5 Å². The van der Waals surface area contributed by atoms with Crippen molar-refractivity contribution in [2.75, 3.05) is 18.2 Å². The van der Waals surface area contributed by atoms with Gasteiger partial charge in [-0.1, -0.05) is 41.6 Å². The quantitative estimate of drug-likeness (QED) is 0.532. The number of aliphatic hydroxyl groups excluding tert-OH is 1. The molecule has 0 aliphatic carbocycles. The lowest BCUT2D eigenvalue weighted by atomic mass is 10.1. The molecule has 0 atom stereocenters. The van der Waals surface area contributed by atoms with Gasteiger partial charge in [0.25, 0.3) is 0 Å². The molecule has 3 aromatic rings. The molecule has 0 aliphatic heterocycles. The first-order valence-electron chi connectivity index (χ1n) is 9.70. The summed E-state index contributed by atoms with van der Waals surface area (Å²) in [5.74, 6) is 0.941. The van der Waals surface area contributed by atoms with Crippen molar-refractivity contribution >= 4 is 23.4 Å². The third kappa shape index (κ3) is 5.23. The van der Waals surface area contributed by atoms with E-state index in [1.807, 2.05) is 49.6 Å². The van der Waals surface area contributed by atoms with Gasteiger partial charge in [-0.2, -0.15) is 0 Å². The third-order valence-electron chi connectivity index (χ3n) is 4.84. The molecule has 0 saturated carbocycles. The van der Waals surface area contributed by atoms with E-state index in [1.165, 1.54) is 17.3 Å². The Labute approximate surface area is 181 Å². The summed E-state index contributed by atoms with van der Waals surface area (Å²) in [6, 6.07) is 11.9. The van der Waals surface area contributed by atoms with Gasteiger partial charge in [0.2, 0.25) is 5.91 Å². The Kier molecular flexibility index (Phi) is 7.18. The number of amides is 1. The van der Waals surface area contributed by atoms with Crippen molar-refractivity contribution in [1.82, 2.24) is 9.55 Å². The molecule has 158 valence electrons. The van der Waals surface area contributed by atoms with Crippen LogP contribution >= 0.6 is 11.8 Å². The number of nitrogens with one attached hydrogen (secondary N) is 1. The molecule has 2 aromatic carbocycles. The second kappa shape index (κ2) is 9.82. The van der Waals surface area contributed by atoms with Gasteiger partial charge >= 0.3 is 0 Å². The van der Waals surface area contributed by atoms with E-state index in [2.05, 4.69) is 22.4 Å². The van der Waals surface area contributed by atoms with Crippen molar-refractivity contribution < 1.29 is 14.6 Å². The molecule has 0 unspecified atom stereocenters. The molecule has 0 fully saturated rings. The molecule has 1 aromatic heterocycles. The number of hydrogen-bond acceptors (Lipinski definition) is 5. The average Bonchev–Trinajstić information content (AvgIpc) is 3.11. The van der Waals surface area contributed by atoms with Crippen LogP contribution in [0.2, 0.25) is 0 Å². The van der Waals surface area contributed by atoms with Crippen molar-refractivity contribution in [2.45, 2.75) is 39.1 Å². The minimum absolute atomic E-state index is 0.0837. The maximum absolute atomic E-state index is 12.6. The van der Waals surface area contributed by atoms with Gasteiger partial charge in [0, 0.05) is 12.2 Å². The summed E-state index contributed by atoms with van der Waals surface area (Å²) in [6.45, 7) is 6.48. The summed E-state index contributed by atoms with van der Waals surface area (Å²) < 4.78 is 7.13. The maximum atomic E-state index is 12.6. The number of hydrogen-bond donors (Lipinski definition) is 2. The van der Waals surface area contributed by atoms with Crippen LogP contribution in [-0.2, 0) is 17.9 Å². The molecular weight excluding hydrogens is 398 g/mol. The number of aliphatic hydroxyl groups is 1. The van der Waals surface area contributed by atoms with Gasteiger partial charge in [-0.05, 0) is 49.6 Å². The summed E-state index contributed by atoms with van der Waals surface area (Å²) in [4.78, 5) is 17.0. The van der Waals surface area contributed by atoms with Crippen molar-refractivity contribution in [2.24, 2.45) is 0 Å². The normalized spacial score (nSPS) is 10.8. The number of nitrogens with zero attached hydrogens (tertiary/aromatic N) is 2. The van der Waals surface area contributed by atoms with Gasteiger partial charge in [-0.15, -0.1) is 0 Å². The van der Waals surface area contributed by atoms with Crippen LogP contribution in [0, 0.1) is 20.8 Å². The Hall–Kier alpha value is -2.77. The van der Waals surface area contributed by atoms with Gasteiger partial charge < -0.3 is 19.7 Å². The molecule has 0 bridgehead atoms. The standard InChI is InChI=1S/C23H27N3O3S/c1-15-9-16(2)22(17(3)10-15)25-21(28)14-30-23-24-11-19(13-27)26(23)12-18-5-7-20(29-4)8-6-18/h5-11,27H,12-14H2,1-4H3,(H,25,28). The van der Waals surface area contributed by atoms with Gasteiger partial charge in [-0.3, -0.25) is 4.79 Å². The monoisotopic (exact) mass is 425 g/mol. The first kappa shape index (κ1) is 21.9. The van der Waals surface area contributed by atoms with Crippen molar-refractivity contribution in [3.63, 3.8) is 0 Å². The molecule has 30 heavy (non-hydrogen) atoms. The highest BCUT2D eigenvalue weighted by Crippen LogP contribution is 2.24. The lowest BCUT2D eigenvalue weighted by Gasteiger charge is -2.13. The van der Waals surface area contributed by atoms with E-state index in [0.29, 0.717) is 17.4 Å². The number of aryl methyl sites for hydroxylation is 3. The molecule has 7 heteroatoms. The van der Waals surface area contributed by atoms with Crippen molar-refractivity contribution in [3.8, 4) is 5.75 Å². The largest absolute Gasteiger partial charge is 0.497 e. The number of ether oxygens (including phenoxy) is 1. The predicted octanol–water partition coefficient (Wildman–Crippen LogP) is 4.09. The number of carbonyl (C=O) groups is 1. The van der Waals surface area contributed by atoms with Crippen LogP contribution in [0.1, 0.15) is 27.9 Å². The van der Waals surface area contributed by atoms with Gasteiger partial charge in [0.1, 0.15) is 5.75 Å². The number of methoxy groups -OCH3 is 1. The zero-order valence-corrected chi connectivity index (χ0v) is 18.5. The Morgan fingerprint density at radius 2 is 1.83 bits per heavy atom. The van der Waals surface area contributed by atoms with Crippen LogP contribution in [0.4, 0.5) is 5.69 Å². The number of rotatable bonds is 8. The molecule has 1 heterocycles. The molecule has 0 saturated heterocycles. The highest BCUT2D eigenvalue weighted by atomic mass is 32.2. The van der Waals surface area contributed by atoms with E-state index in [9.17, 15) is 9.90 Å². The van der Waals surface area contributed by atoms with E-state index in [0.717, 1.165) is 28.1 Å². The minimum atomic E-state index is -0.113. The zero-order chi connectivity index (χ0) is 21.7. The number of aromatic nitrogens is 2. The van der Waals surface area contributed by atoms with E-state index < -0.39 is 0 Å². The minimum Gasteiger partial charge on any atom is -0.497 e. The molecule has 0 spiro atoms. The topological polar surface area (TPSA) is 76.4 Å². The van der Waals surface area contributed by atoms with Crippen LogP contribution in [0.5, 0.6) is 5.75 Å². The van der Waals surface area contributed by atoms with Crippen LogP contribution in [-0.4, -0.2) is 33.4 Å². The molecule has 2 N–H and O–H groups in total. The van der Waals surface area contributed by atoms with E-state index in [1.54, 1.807) is 13.3 Å². The lowest BCUT2D eigenvalue weighted by molar-refractivity contribution is -0.113. The summed E-state index contributed by atoms with van der Waals surface area (Å²) in [7, 11) is 1.63. The fraction of sp³-hybridized carbons (Fsp3) is 0.304. The Balaban J connectivity index is 1.69. The SMILES string of the molecule is COc1ccc(Cn2c(CO)cnc2SCC(=O)Nc2c(C)cc(C)cc2C)cc1. The highest BCUT2D eigenvalue weighted by molar-refractivity contribution is 7.99. The Bertz CT molecular complexity index is 1010. The molecule has 3 rings (SSSR count). The summed E-state index contributed by atoms with van der Waals surface area (Å²) in [6.07, 6.45) is 1.65.